The summed E-state index contributed by atoms with van der Waals surface area (Å²) in [5.74, 6) is 0.919. The Balaban J connectivity index is 2.90. The molecular formula is C14H22BrNO. The first-order valence-electron chi connectivity index (χ1n) is 6.29. The summed E-state index contributed by atoms with van der Waals surface area (Å²) < 4.78 is 6.45. The fourth-order valence-corrected chi connectivity index (χ4v) is 2.46. The Kier molecular flexibility index (Phi) is 6.60. The van der Waals surface area contributed by atoms with Gasteiger partial charge in [-0.05, 0) is 36.7 Å². The molecule has 0 saturated carbocycles. The second-order valence-corrected chi connectivity index (χ2v) is 4.99. The van der Waals surface area contributed by atoms with Gasteiger partial charge in [0, 0.05) is 10.5 Å². The third kappa shape index (κ3) is 4.32. The van der Waals surface area contributed by atoms with Gasteiger partial charge in [-0.15, -0.1) is 0 Å². The van der Waals surface area contributed by atoms with E-state index in [-0.39, 0.29) is 0 Å². The Bertz CT molecular complexity index is 341. The van der Waals surface area contributed by atoms with Crippen LogP contribution in [-0.4, -0.2) is 13.7 Å². The summed E-state index contributed by atoms with van der Waals surface area (Å²) >= 11 is 3.63. The van der Waals surface area contributed by atoms with Crippen molar-refractivity contribution in [2.75, 3.05) is 13.7 Å². The first kappa shape index (κ1) is 14.5. The van der Waals surface area contributed by atoms with E-state index in [0.717, 1.165) is 23.2 Å². The molecule has 1 N–H and O–H groups in total. The lowest BCUT2D eigenvalue weighted by molar-refractivity contribution is 0.412. The standard InChI is InChI=1S/C14H22BrNO/c1-4-6-7-14(16-5-2)12-10-11(17-3)8-9-13(12)15/h8-10,14,16H,4-7H2,1-3H3. The summed E-state index contributed by atoms with van der Waals surface area (Å²) in [5.41, 5.74) is 1.29. The molecule has 0 aliphatic heterocycles. The first-order valence-corrected chi connectivity index (χ1v) is 7.09. The van der Waals surface area contributed by atoms with Crippen LogP contribution in [0, 0.1) is 0 Å². The molecule has 1 unspecified atom stereocenters. The van der Waals surface area contributed by atoms with E-state index in [2.05, 4.69) is 47.2 Å². The van der Waals surface area contributed by atoms with Gasteiger partial charge in [-0.2, -0.15) is 0 Å². The number of hydrogen-bond acceptors (Lipinski definition) is 2. The van der Waals surface area contributed by atoms with Crippen LogP contribution in [0.15, 0.2) is 22.7 Å². The van der Waals surface area contributed by atoms with Gasteiger partial charge in [0.15, 0.2) is 0 Å². The molecule has 1 aromatic carbocycles. The smallest absolute Gasteiger partial charge is 0.119 e. The van der Waals surface area contributed by atoms with E-state index in [1.54, 1.807) is 7.11 Å². The molecule has 0 saturated heterocycles. The molecule has 0 aromatic heterocycles. The fraction of sp³-hybridized carbons (Fsp3) is 0.571. The van der Waals surface area contributed by atoms with E-state index < -0.39 is 0 Å². The zero-order valence-corrected chi connectivity index (χ0v) is 12.5. The zero-order valence-electron chi connectivity index (χ0n) is 10.9. The molecule has 0 aliphatic rings. The van der Waals surface area contributed by atoms with Crippen molar-refractivity contribution in [2.24, 2.45) is 0 Å². The van der Waals surface area contributed by atoms with Gasteiger partial charge in [0.2, 0.25) is 0 Å². The monoisotopic (exact) mass is 299 g/mol. The van der Waals surface area contributed by atoms with Gasteiger partial charge in [0.1, 0.15) is 5.75 Å². The second kappa shape index (κ2) is 7.72. The summed E-state index contributed by atoms with van der Waals surface area (Å²) in [6, 6.07) is 6.57. The van der Waals surface area contributed by atoms with Crippen LogP contribution < -0.4 is 10.1 Å². The van der Waals surface area contributed by atoms with Crippen molar-refractivity contribution in [3.05, 3.63) is 28.2 Å². The predicted molar refractivity (Wildman–Crippen MR) is 76.6 cm³/mol. The number of rotatable bonds is 7. The molecule has 1 aromatic rings. The van der Waals surface area contributed by atoms with E-state index in [1.807, 2.05) is 6.07 Å². The van der Waals surface area contributed by atoms with E-state index in [4.69, 9.17) is 4.74 Å². The maximum atomic E-state index is 5.29. The van der Waals surface area contributed by atoms with Crippen LogP contribution in [0.1, 0.15) is 44.7 Å². The van der Waals surface area contributed by atoms with Crippen molar-refractivity contribution in [3.63, 3.8) is 0 Å². The van der Waals surface area contributed by atoms with Crippen molar-refractivity contribution in [2.45, 2.75) is 39.2 Å². The average Bonchev–Trinajstić information content (AvgIpc) is 2.35. The summed E-state index contributed by atoms with van der Waals surface area (Å²) in [7, 11) is 1.71. The van der Waals surface area contributed by atoms with Crippen LogP contribution in [0.5, 0.6) is 5.75 Å². The average molecular weight is 300 g/mol. The molecule has 1 rings (SSSR count). The number of methoxy groups -OCH3 is 1. The van der Waals surface area contributed by atoms with Gasteiger partial charge in [-0.1, -0.05) is 42.6 Å². The lowest BCUT2D eigenvalue weighted by atomic mass is 10.0. The van der Waals surface area contributed by atoms with E-state index >= 15 is 0 Å². The summed E-state index contributed by atoms with van der Waals surface area (Å²) in [6.07, 6.45) is 3.63. The topological polar surface area (TPSA) is 21.3 Å². The molecule has 17 heavy (non-hydrogen) atoms. The van der Waals surface area contributed by atoms with Crippen molar-refractivity contribution < 1.29 is 4.74 Å². The Morgan fingerprint density at radius 3 is 2.71 bits per heavy atom. The van der Waals surface area contributed by atoms with Gasteiger partial charge >= 0.3 is 0 Å². The molecule has 0 heterocycles. The van der Waals surface area contributed by atoms with Gasteiger partial charge in [0.25, 0.3) is 0 Å². The third-order valence-electron chi connectivity index (χ3n) is 2.88. The van der Waals surface area contributed by atoms with Crippen LogP contribution in [0.2, 0.25) is 0 Å². The van der Waals surface area contributed by atoms with Crippen LogP contribution in [0.25, 0.3) is 0 Å². The molecule has 0 spiro atoms. The first-order chi connectivity index (χ1) is 8.22. The second-order valence-electron chi connectivity index (χ2n) is 4.14. The predicted octanol–water partition coefficient (Wildman–Crippen LogP) is 4.30. The number of unbranched alkanes of at least 4 members (excludes halogenated alkanes) is 1. The highest BCUT2D eigenvalue weighted by atomic mass is 79.9. The SMILES string of the molecule is CCCCC(NCC)c1cc(OC)ccc1Br. The summed E-state index contributed by atoms with van der Waals surface area (Å²) in [6.45, 7) is 5.36. The lowest BCUT2D eigenvalue weighted by Gasteiger charge is -2.20. The van der Waals surface area contributed by atoms with Crippen LogP contribution in [0.3, 0.4) is 0 Å². The van der Waals surface area contributed by atoms with Crippen LogP contribution in [0.4, 0.5) is 0 Å². The quantitative estimate of drug-likeness (QED) is 0.810. The molecule has 0 amide bonds. The number of halogens is 1. The number of ether oxygens (including phenoxy) is 1. The van der Waals surface area contributed by atoms with Gasteiger partial charge in [0.05, 0.1) is 7.11 Å². The highest BCUT2D eigenvalue weighted by Gasteiger charge is 2.13. The summed E-state index contributed by atoms with van der Waals surface area (Å²) in [4.78, 5) is 0. The minimum Gasteiger partial charge on any atom is -0.497 e. The molecular weight excluding hydrogens is 278 g/mol. The Hall–Kier alpha value is -0.540. The Morgan fingerprint density at radius 2 is 2.12 bits per heavy atom. The maximum Gasteiger partial charge on any atom is 0.119 e. The van der Waals surface area contributed by atoms with Gasteiger partial charge in [-0.3, -0.25) is 0 Å². The van der Waals surface area contributed by atoms with Crippen molar-refractivity contribution >= 4 is 15.9 Å². The molecule has 1 atom stereocenters. The van der Waals surface area contributed by atoms with Gasteiger partial charge < -0.3 is 10.1 Å². The third-order valence-corrected chi connectivity index (χ3v) is 3.60. The van der Waals surface area contributed by atoms with Crippen molar-refractivity contribution in [1.82, 2.24) is 5.32 Å². The molecule has 0 bridgehead atoms. The number of hydrogen-bond donors (Lipinski definition) is 1. The highest BCUT2D eigenvalue weighted by Crippen LogP contribution is 2.30. The van der Waals surface area contributed by atoms with E-state index in [0.29, 0.717) is 6.04 Å². The minimum atomic E-state index is 0.407. The van der Waals surface area contributed by atoms with Gasteiger partial charge in [-0.25, -0.2) is 0 Å². The Labute approximate surface area is 113 Å². The van der Waals surface area contributed by atoms with E-state index in [1.165, 1.54) is 18.4 Å². The number of benzene rings is 1. The molecule has 96 valence electrons. The zero-order chi connectivity index (χ0) is 12.7. The molecule has 0 fully saturated rings. The Morgan fingerprint density at radius 1 is 1.35 bits per heavy atom. The highest BCUT2D eigenvalue weighted by molar-refractivity contribution is 9.10. The fourth-order valence-electron chi connectivity index (χ4n) is 1.94. The maximum absolute atomic E-state index is 5.29. The van der Waals surface area contributed by atoms with Crippen molar-refractivity contribution in [3.8, 4) is 5.75 Å². The minimum absolute atomic E-state index is 0.407. The molecule has 0 aliphatic carbocycles. The molecule has 0 radical (unpaired) electrons. The van der Waals surface area contributed by atoms with Crippen molar-refractivity contribution in [1.29, 1.82) is 0 Å². The number of nitrogens with one attached hydrogen (secondary N) is 1. The van der Waals surface area contributed by atoms with Crippen LogP contribution in [-0.2, 0) is 0 Å². The largest absolute Gasteiger partial charge is 0.497 e. The molecule has 3 heteroatoms. The normalized spacial score (nSPS) is 12.5. The summed E-state index contributed by atoms with van der Waals surface area (Å²) in [5, 5.41) is 3.54. The van der Waals surface area contributed by atoms with Crippen LogP contribution >= 0.6 is 15.9 Å². The lowest BCUT2D eigenvalue weighted by Crippen LogP contribution is -2.21. The molecule has 2 nitrogen and oxygen atoms in total. The van der Waals surface area contributed by atoms with E-state index in [9.17, 15) is 0 Å².